The third-order valence-corrected chi connectivity index (χ3v) is 6.31. The number of aryl methyl sites for hydroxylation is 3. The Labute approximate surface area is 161 Å². The fourth-order valence-corrected chi connectivity index (χ4v) is 5.19. The summed E-state index contributed by atoms with van der Waals surface area (Å²) in [5.74, 6) is 1.71. The van der Waals surface area contributed by atoms with Crippen LogP contribution in [0.1, 0.15) is 28.2 Å². The van der Waals surface area contributed by atoms with E-state index in [-0.39, 0.29) is 6.09 Å². The van der Waals surface area contributed by atoms with Crippen molar-refractivity contribution in [2.75, 3.05) is 23.4 Å². The smallest absolute Gasteiger partial charge is 0.414 e. The molecular formula is C20H20N4O2S. The van der Waals surface area contributed by atoms with E-state index >= 15 is 0 Å². The van der Waals surface area contributed by atoms with Crippen LogP contribution >= 0.6 is 11.3 Å². The number of aromatic nitrogens is 2. The highest BCUT2D eigenvalue weighted by molar-refractivity contribution is 7.19. The van der Waals surface area contributed by atoms with Crippen LogP contribution in [0, 0.1) is 6.92 Å². The second-order valence-corrected chi connectivity index (χ2v) is 8.03. The molecule has 0 radical (unpaired) electrons. The van der Waals surface area contributed by atoms with Gasteiger partial charge in [0.1, 0.15) is 23.1 Å². The summed E-state index contributed by atoms with van der Waals surface area (Å²) in [5, 5.41) is 4.70. The molecule has 0 spiro atoms. The predicted octanol–water partition coefficient (Wildman–Crippen LogP) is 4.06. The largest absolute Gasteiger partial charge is 0.447 e. The Morgan fingerprint density at radius 1 is 1.30 bits per heavy atom. The number of rotatable bonds is 4. The number of nitrogens with one attached hydrogen (secondary N) is 1. The van der Waals surface area contributed by atoms with Crippen molar-refractivity contribution < 1.29 is 9.53 Å². The number of hydrogen-bond acceptors (Lipinski definition) is 6. The lowest BCUT2D eigenvalue weighted by atomic mass is 10.1. The molecular weight excluding hydrogens is 360 g/mol. The third kappa shape index (κ3) is 2.92. The Balaban J connectivity index is 1.43. The molecule has 3 heterocycles. The summed E-state index contributed by atoms with van der Waals surface area (Å²) in [6.45, 7) is 3.63. The van der Waals surface area contributed by atoms with Crippen molar-refractivity contribution in [3.05, 3.63) is 46.1 Å². The minimum absolute atomic E-state index is 0.276. The lowest BCUT2D eigenvalue weighted by molar-refractivity contribution is 0.181. The van der Waals surface area contributed by atoms with E-state index in [0.717, 1.165) is 40.6 Å². The first-order valence-corrected chi connectivity index (χ1v) is 10.1. The molecule has 1 aliphatic heterocycles. The number of cyclic esters (lactones) is 1. The van der Waals surface area contributed by atoms with Crippen molar-refractivity contribution in [2.45, 2.75) is 32.7 Å². The van der Waals surface area contributed by atoms with Gasteiger partial charge in [0.25, 0.3) is 0 Å². The normalized spacial score (nSPS) is 16.0. The zero-order valence-electron chi connectivity index (χ0n) is 15.1. The highest BCUT2D eigenvalue weighted by atomic mass is 32.1. The van der Waals surface area contributed by atoms with Gasteiger partial charge in [0.05, 0.1) is 11.9 Å². The minimum Gasteiger partial charge on any atom is -0.447 e. The molecule has 0 saturated carbocycles. The zero-order chi connectivity index (χ0) is 18.4. The van der Waals surface area contributed by atoms with E-state index in [1.807, 2.05) is 25.1 Å². The molecule has 0 bridgehead atoms. The summed E-state index contributed by atoms with van der Waals surface area (Å²) in [7, 11) is 0. The van der Waals surface area contributed by atoms with E-state index in [0.29, 0.717) is 19.7 Å². The van der Waals surface area contributed by atoms with Gasteiger partial charge < -0.3 is 10.1 Å². The molecule has 0 atom stereocenters. The standard InChI is InChI=1S/C20H20N4O2S/c1-12-22-18(17-15-6-3-7-16(15)27-19(17)23-12)21-11-13-4-2-5-14(10-13)24-8-9-26-20(24)25/h2,4-5,10H,3,6-9,11H2,1H3,(H,21,22,23). The van der Waals surface area contributed by atoms with E-state index in [9.17, 15) is 4.79 Å². The lowest BCUT2D eigenvalue weighted by Gasteiger charge is -2.14. The van der Waals surface area contributed by atoms with Crippen molar-refractivity contribution in [1.82, 2.24) is 9.97 Å². The van der Waals surface area contributed by atoms with Crippen LogP contribution < -0.4 is 10.2 Å². The highest BCUT2D eigenvalue weighted by Crippen LogP contribution is 2.39. The van der Waals surface area contributed by atoms with E-state index in [2.05, 4.69) is 21.4 Å². The molecule has 3 aromatic rings. The first kappa shape index (κ1) is 16.5. The van der Waals surface area contributed by atoms with Crippen LogP contribution in [0.2, 0.25) is 0 Å². The number of thiophene rings is 1. The monoisotopic (exact) mass is 380 g/mol. The first-order valence-electron chi connectivity index (χ1n) is 9.25. The summed E-state index contributed by atoms with van der Waals surface area (Å²) in [5.41, 5.74) is 3.40. The van der Waals surface area contributed by atoms with Gasteiger partial charge in [0, 0.05) is 17.1 Å². The molecule has 6 nitrogen and oxygen atoms in total. The van der Waals surface area contributed by atoms with Gasteiger partial charge in [-0.1, -0.05) is 12.1 Å². The van der Waals surface area contributed by atoms with Crippen LogP contribution in [-0.4, -0.2) is 29.2 Å². The molecule has 2 aliphatic rings. The first-order chi connectivity index (χ1) is 13.2. The number of ether oxygens (including phenoxy) is 1. The second kappa shape index (κ2) is 6.49. The van der Waals surface area contributed by atoms with Crippen molar-refractivity contribution >= 4 is 39.2 Å². The van der Waals surface area contributed by atoms with Crippen molar-refractivity contribution in [2.24, 2.45) is 0 Å². The lowest BCUT2D eigenvalue weighted by Crippen LogP contribution is -2.23. The quantitative estimate of drug-likeness (QED) is 0.739. The predicted molar refractivity (Wildman–Crippen MR) is 107 cm³/mol. The maximum atomic E-state index is 11.8. The Morgan fingerprint density at radius 3 is 3.07 bits per heavy atom. The van der Waals surface area contributed by atoms with Gasteiger partial charge in [-0.15, -0.1) is 11.3 Å². The van der Waals surface area contributed by atoms with Gasteiger partial charge in [0.15, 0.2) is 0 Å². The summed E-state index contributed by atoms with van der Waals surface area (Å²) in [6.07, 6.45) is 3.21. The van der Waals surface area contributed by atoms with Crippen molar-refractivity contribution in [3.63, 3.8) is 0 Å². The summed E-state index contributed by atoms with van der Waals surface area (Å²) in [4.78, 5) is 25.3. The van der Waals surface area contributed by atoms with Crippen LogP contribution in [0.4, 0.5) is 16.3 Å². The number of nitrogens with zero attached hydrogens (tertiary/aromatic N) is 3. The number of hydrogen-bond donors (Lipinski definition) is 1. The average molecular weight is 380 g/mol. The topological polar surface area (TPSA) is 67.3 Å². The van der Waals surface area contributed by atoms with E-state index < -0.39 is 0 Å². The number of carbonyl (C=O) groups excluding carboxylic acids is 1. The number of amides is 1. The molecule has 5 rings (SSSR count). The van der Waals surface area contributed by atoms with Crippen molar-refractivity contribution in [1.29, 1.82) is 0 Å². The maximum Gasteiger partial charge on any atom is 0.414 e. The SMILES string of the molecule is Cc1nc(NCc2cccc(N3CCOC3=O)c2)c2c3c(sc2n1)CCC3. The molecule has 138 valence electrons. The van der Waals surface area contributed by atoms with E-state index in [4.69, 9.17) is 4.74 Å². The molecule has 1 aromatic carbocycles. The van der Waals surface area contributed by atoms with Crippen LogP contribution in [0.15, 0.2) is 24.3 Å². The van der Waals surface area contributed by atoms with Gasteiger partial charge in [-0.25, -0.2) is 14.8 Å². The Hall–Kier alpha value is -2.67. The molecule has 1 saturated heterocycles. The average Bonchev–Trinajstić information content (AvgIpc) is 3.35. The van der Waals surface area contributed by atoms with Crippen LogP contribution in [-0.2, 0) is 24.1 Å². The van der Waals surface area contributed by atoms with Gasteiger partial charge in [-0.3, -0.25) is 4.90 Å². The van der Waals surface area contributed by atoms with Gasteiger partial charge in [-0.2, -0.15) is 0 Å². The molecule has 1 N–H and O–H groups in total. The summed E-state index contributed by atoms with van der Waals surface area (Å²) < 4.78 is 5.04. The van der Waals surface area contributed by atoms with Crippen LogP contribution in [0.5, 0.6) is 0 Å². The van der Waals surface area contributed by atoms with E-state index in [1.165, 1.54) is 22.2 Å². The Bertz CT molecular complexity index is 1050. The number of anilines is 2. The summed E-state index contributed by atoms with van der Waals surface area (Å²) >= 11 is 1.81. The number of fused-ring (bicyclic) bond motifs is 3. The second-order valence-electron chi connectivity index (χ2n) is 6.95. The molecule has 2 aromatic heterocycles. The van der Waals surface area contributed by atoms with Crippen LogP contribution in [0.25, 0.3) is 10.2 Å². The molecule has 1 amide bonds. The van der Waals surface area contributed by atoms with Gasteiger partial charge in [0.2, 0.25) is 0 Å². The number of carbonyl (C=O) groups is 1. The fraction of sp³-hybridized carbons (Fsp3) is 0.350. The Kier molecular flexibility index (Phi) is 3.97. The molecule has 1 aliphatic carbocycles. The Morgan fingerprint density at radius 2 is 2.22 bits per heavy atom. The molecule has 7 heteroatoms. The number of benzene rings is 1. The van der Waals surface area contributed by atoms with Crippen molar-refractivity contribution in [3.8, 4) is 0 Å². The van der Waals surface area contributed by atoms with Gasteiger partial charge >= 0.3 is 6.09 Å². The molecule has 27 heavy (non-hydrogen) atoms. The van der Waals surface area contributed by atoms with Crippen LogP contribution in [0.3, 0.4) is 0 Å². The molecule has 0 unspecified atom stereocenters. The maximum absolute atomic E-state index is 11.8. The highest BCUT2D eigenvalue weighted by Gasteiger charge is 2.24. The van der Waals surface area contributed by atoms with Gasteiger partial charge in [-0.05, 0) is 49.4 Å². The zero-order valence-corrected chi connectivity index (χ0v) is 15.9. The fourth-order valence-electron chi connectivity index (χ4n) is 3.88. The molecule has 1 fully saturated rings. The van der Waals surface area contributed by atoms with E-state index in [1.54, 1.807) is 16.2 Å². The summed E-state index contributed by atoms with van der Waals surface area (Å²) in [6, 6.07) is 8.00. The third-order valence-electron chi connectivity index (χ3n) is 5.12. The minimum atomic E-state index is -0.276.